The van der Waals surface area contributed by atoms with Gasteiger partial charge >= 0.3 is 0 Å². The van der Waals surface area contributed by atoms with Gasteiger partial charge in [-0.25, -0.2) is 4.99 Å². The third-order valence-corrected chi connectivity index (χ3v) is 3.97. The van der Waals surface area contributed by atoms with E-state index in [-0.39, 0.29) is 0 Å². The largest absolute Gasteiger partial charge is 0.356 e. The molecule has 3 rings (SSSR count). The molecule has 0 amide bonds. The van der Waals surface area contributed by atoms with E-state index in [0.29, 0.717) is 6.54 Å². The van der Waals surface area contributed by atoms with E-state index in [0.717, 1.165) is 31.2 Å². The maximum absolute atomic E-state index is 4.79. The van der Waals surface area contributed by atoms with Gasteiger partial charge in [-0.15, -0.1) is 0 Å². The van der Waals surface area contributed by atoms with Crippen LogP contribution in [0.3, 0.4) is 0 Å². The number of hydrogen-bond donors (Lipinski definition) is 1. The van der Waals surface area contributed by atoms with Crippen molar-refractivity contribution in [3.05, 3.63) is 59.4 Å². The van der Waals surface area contributed by atoms with Gasteiger partial charge in [-0.1, -0.05) is 24.3 Å². The number of nitrogens with zero attached hydrogens (tertiary/aromatic N) is 3. The van der Waals surface area contributed by atoms with Gasteiger partial charge in [-0.05, 0) is 43.5 Å². The molecule has 1 aromatic heterocycles. The molecule has 0 radical (unpaired) electrons. The topological polar surface area (TPSA) is 40.5 Å². The Labute approximate surface area is 131 Å². The Kier molecular flexibility index (Phi) is 4.37. The number of rotatable bonds is 3. The number of guanidine groups is 1. The fraction of sp³-hybridized carbons (Fsp3) is 0.333. The molecule has 0 fully saturated rings. The number of fused-ring (bicyclic) bond motifs is 1. The van der Waals surface area contributed by atoms with Crippen molar-refractivity contribution in [1.82, 2.24) is 10.3 Å². The van der Waals surface area contributed by atoms with Crippen LogP contribution in [0.5, 0.6) is 0 Å². The Morgan fingerprint density at radius 3 is 2.95 bits per heavy atom. The van der Waals surface area contributed by atoms with Gasteiger partial charge in [0.15, 0.2) is 5.96 Å². The minimum atomic E-state index is 0.605. The van der Waals surface area contributed by atoms with Crippen LogP contribution >= 0.6 is 0 Å². The van der Waals surface area contributed by atoms with Crippen molar-refractivity contribution >= 4 is 11.6 Å². The van der Waals surface area contributed by atoms with E-state index in [4.69, 9.17) is 4.99 Å². The lowest BCUT2D eigenvalue weighted by atomic mass is 10.2. The number of aliphatic imine (C=N–C) groups is 1. The molecule has 0 saturated carbocycles. The zero-order chi connectivity index (χ0) is 15.4. The number of hydrogen-bond acceptors (Lipinski definition) is 2. The Bertz CT molecular complexity index is 678. The van der Waals surface area contributed by atoms with Crippen LogP contribution < -0.4 is 10.2 Å². The molecule has 2 heterocycles. The van der Waals surface area contributed by atoms with Gasteiger partial charge in [0.2, 0.25) is 0 Å². The molecule has 4 nitrogen and oxygen atoms in total. The smallest absolute Gasteiger partial charge is 0.198 e. The lowest BCUT2D eigenvalue weighted by Crippen LogP contribution is -2.40. The van der Waals surface area contributed by atoms with Crippen molar-refractivity contribution in [2.75, 3.05) is 18.0 Å². The Hall–Kier alpha value is -2.36. The van der Waals surface area contributed by atoms with E-state index >= 15 is 0 Å². The lowest BCUT2D eigenvalue weighted by Gasteiger charge is -2.22. The van der Waals surface area contributed by atoms with Crippen LogP contribution in [0.4, 0.5) is 5.69 Å². The third kappa shape index (κ3) is 2.96. The van der Waals surface area contributed by atoms with Gasteiger partial charge < -0.3 is 10.2 Å². The van der Waals surface area contributed by atoms with Gasteiger partial charge in [-0.2, -0.15) is 0 Å². The normalized spacial score (nSPS) is 14.1. The molecule has 0 saturated heterocycles. The summed E-state index contributed by atoms with van der Waals surface area (Å²) < 4.78 is 0. The van der Waals surface area contributed by atoms with Crippen LogP contribution in [0.1, 0.15) is 23.7 Å². The van der Waals surface area contributed by atoms with Gasteiger partial charge in [0.25, 0.3) is 0 Å². The predicted molar refractivity (Wildman–Crippen MR) is 91.3 cm³/mol. The monoisotopic (exact) mass is 294 g/mol. The van der Waals surface area contributed by atoms with Crippen molar-refractivity contribution in [1.29, 1.82) is 0 Å². The van der Waals surface area contributed by atoms with Gasteiger partial charge in [-0.3, -0.25) is 4.98 Å². The van der Waals surface area contributed by atoms with E-state index in [9.17, 15) is 0 Å². The molecule has 0 unspecified atom stereocenters. The van der Waals surface area contributed by atoms with Crippen molar-refractivity contribution in [3.8, 4) is 0 Å². The molecule has 1 aromatic carbocycles. The maximum Gasteiger partial charge on any atom is 0.198 e. The molecule has 4 heteroatoms. The second-order valence-electron chi connectivity index (χ2n) is 5.47. The summed E-state index contributed by atoms with van der Waals surface area (Å²) in [5.41, 5.74) is 4.87. The highest BCUT2D eigenvalue weighted by Gasteiger charge is 2.22. The van der Waals surface area contributed by atoms with E-state index in [1.54, 1.807) is 0 Å². The van der Waals surface area contributed by atoms with Gasteiger partial charge in [0.1, 0.15) is 0 Å². The standard InChI is InChI=1S/C18H22N4/c1-3-19-18(21-13-16-14(2)7-6-11-20-16)22-12-10-15-8-4-5-9-17(15)22/h4-9,11H,3,10,12-13H2,1-2H3,(H,19,21). The zero-order valence-electron chi connectivity index (χ0n) is 13.2. The highest BCUT2D eigenvalue weighted by atomic mass is 15.3. The Morgan fingerprint density at radius 1 is 1.27 bits per heavy atom. The molecule has 0 aliphatic carbocycles. The SMILES string of the molecule is CCNC(=NCc1ncccc1C)N1CCc2ccccc21. The van der Waals surface area contributed by atoms with E-state index in [2.05, 4.69) is 59.4 Å². The second-order valence-corrected chi connectivity index (χ2v) is 5.47. The molecule has 1 aliphatic heterocycles. The molecule has 114 valence electrons. The summed E-state index contributed by atoms with van der Waals surface area (Å²) >= 11 is 0. The molecule has 0 spiro atoms. The number of benzene rings is 1. The van der Waals surface area contributed by atoms with Crippen LogP contribution in [-0.4, -0.2) is 24.0 Å². The third-order valence-electron chi connectivity index (χ3n) is 3.97. The summed E-state index contributed by atoms with van der Waals surface area (Å²) in [7, 11) is 0. The average Bonchev–Trinajstić information content (AvgIpc) is 2.97. The zero-order valence-corrected chi connectivity index (χ0v) is 13.2. The fourth-order valence-corrected chi connectivity index (χ4v) is 2.79. The average molecular weight is 294 g/mol. The number of aryl methyl sites for hydroxylation is 1. The highest BCUT2D eigenvalue weighted by molar-refractivity contribution is 5.97. The first kappa shape index (κ1) is 14.6. The second kappa shape index (κ2) is 6.60. The van der Waals surface area contributed by atoms with E-state index < -0.39 is 0 Å². The first-order valence-electron chi connectivity index (χ1n) is 7.84. The van der Waals surface area contributed by atoms with Crippen LogP contribution in [0.15, 0.2) is 47.6 Å². The highest BCUT2D eigenvalue weighted by Crippen LogP contribution is 2.27. The van der Waals surface area contributed by atoms with Crippen molar-refractivity contribution in [2.24, 2.45) is 4.99 Å². The number of aromatic nitrogens is 1. The van der Waals surface area contributed by atoms with Crippen LogP contribution in [0.2, 0.25) is 0 Å². The van der Waals surface area contributed by atoms with Crippen molar-refractivity contribution < 1.29 is 0 Å². The molecule has 22 heavy (non-hydrogen) atoms. The summed E-state index contributed by atoms with van der Waals surface area (Å²) in [5.74, 6) is 0.942. The summed E-state index contributed by atoms with van der Waals surface area (Å²) in [6.07, 6.45) is 2.90. The fourth-order valence-electron chi connectivity index (χ4n) is 2.79. The van der Waals surface area contributed by atoms with E-state index in [1.807, 2.05) is 12.3 Å². The molecule has 1 aliphatic rings. The quantitative estimate of drug-likeness (QED) is 0.699. The van der Waals surface area contributed by atoms with Crippen molar-refractivity contribution in [2.45, 2.75) is 26.8 Å². The number of anilines is 1. The van der Waals surface area contributed by atoms with Gasteiger partial charge in [0.05, 0.1) is 12.2 Å². The molecular formula is C18H22N4. The lowest BCUT2D eigenvalue weighted by molar-refractivity contribution is 0.870. The van der Waals surface area contributed by atoms with Crippen LogP contribution in [0.25, 0.3) is 0 Å². The summed E-state index contributed by atoms with van der Waals surface area (Å²) in [6.45, 7) is 6.62. The Morgan fingerprint density at radius 2 is 2.14 bits per heavy atom. The predicted octanol–water partition coefficient (Wildman–Crippen LogP) is 2.92. The van der Waals surface area contributed by atoms with Crippen LogP contribution in [-0.2, 0) is 13.0 Å². The summed E-state index contributed by atoms with van der Waals surface area (Å²) in [4.78, 5) is 11.5. The number of pyridine rings is 1. The van der Waals surface area contributed by atoms with Gasteiger partial charge in [0, 0.05) is 25.0 Å². The Balaban J connectivity index is 1.84. The maximum atomic E-state index is 4.79. The molecule has 0 atom stereocenters. The molecule has 1 N–H and O–H groups in total. The number of para-hydroxylation sites is 1. The molecule has 0 bridgehead atoms. The minimum Gasteiger partial charge on any atom is -0.356 e. The first-order valence-corrected chi connectivity index (χ1v) is 7.84. The number of nitrogens with one attached hydrogen (secondary N) is 1. The molecular weight excluding hydrogens is 272 g/mol. The molecule has 2 aromatic rings. The summed E-state index contributed by atoms with van der Waals surface area (Å²) in [5, 5.41) is 3.40. The minimum absolute atomic E-state index is 0.605. The summed E-state index contributed by atoms with van der Waals surface area (Å²) in [6, 6.07) is 12.6. The van der Waals surface area contributed by atoms with Crippen molar-refractivity contribution in [3.63, 3.8) is 0 Å². The van der Waals surface area contributed by atoms with E-state index in [1.165, 1.54) is 16.8 Å². The van der Waals surface area contributed by atoms with Crippen LogP contribution in [0, 0.1) is 6.92 Å². The first-order chi connectivity index (χ1) is 10.8.